The maximum absolute atomic E-state index is 12.8. The molecule has 1 unspecified atom stereocenters. The van der Waals surface area contributed by atoms with E-state index in [1.807, 2.05) is 17.0 Å². The van der Waals surface area contributed by atoms with Crippen LogP contribution in [-0.2, 0) is 0 Å². The molecule has 1 amide bonds. The van der Waals surface area contributed by atoms with Crippen molar-refractivity contribution in [2.75, 3.05) is 20.2 Å². The molecule has 126 valence electrons. The fraction of sp³-hybridized carbons (Fsp3) is 0.368. The van der Waals surface area contributed by atoms with Crippen molar-refractivity contribution < 1.29 is 9.53 Å². The number of carbonyl (C=O) groups excluding carboxylic acids is 1. The number of carbonyl (C=O) groups is 1. The SMILES string of the molecule is COc1ccc(C(=O)N2CCCCC(c3ccc(Cl)cc3)C2)cn1. The smallest absolute Gasteiger partial charge is 0.255 e. The zero-order valence-corrected chi connectivity index (χ0v) is 14.5. The van der Waals surface area contributed by atoms with Gasteiger partial charge < -0.3 is 9.64 Å². The Morgan fingerprint density at radius 3 is 2.67 bits per heavy atom. The van der Waals surface area contributed by atoms with E-state index >= 15 is 0 Å². The number of benzene rings is 1. The van der Waals surface area contributed by atoms with Gasteiger partial charge in [-0.05, 0) is 36.6 Å². The first-order valence-corrected chi connectivity index (χ1v) is 8.60. The predicted octanol–water partition coefficient (Wildman–Crippen LogP) is 4.15. The average molecular weight is 345 g/mol. The van der Waals surface area contributed by atoms with Gasteiger partial charge in [0, 0.05) is 36.3 Å². The summed E-state index contributed by atoms with van der Waals surface area (Å²) in [5.74, 6) is 0.896. The molecule has 0 spiro atoms. The number of methoxy groups -OCH3 is 1. The standard InChI is InChI=1S/C19H21ClN2O2/c1-24-18-10-7-15(12-21-18)19(23)22-11-3-2-4-16(13-22)14-5-8-17(20)9-6-14/h5-10,12,16H,2-4,11,13H2,1H3. The van der Waals surface area contributed by atoms with Crippen LogP contribution in [0.5, 0.6) is 5.88 Å². The van der Waals surface area contributed by atoms with Crippen LogP contribution >= 0.6 is 11.6 Å². The fourth-order valence-corrected chi connectivity index (χ4v) is 3.27. The number of hydrogen-bond donors (Lipinski definition) is 0. The van der Waals surface area contributed by atoms with Crippen LogP contribution in [0, 0.1) is 0 Å². The largest absolute Gasteiger partial charge is 0.481 e. The number of amides is 1. The minimum atomic E-state index is 0.0333. The molecule has 2 heterocycles. The summed E-state index contributed by atoms with van der Waals surface area (Å²) in [6, 6.07) is 11.5. The molecule has 0 radical (unpaired) electrons. The van der Waals surface area contributed by atoms with Gasteiger partial charge in [-0.2, -0.15) is 0 Å². The summed E-state index contributed by atoms with van der Waals surface area (Å²) in [7, 11) is 1.56. The second-order valence-electron chi connectivity index (χ2n) is 6.08. The zero-order chi connectivity index (χ0) is 16.9. The first-order valence-electron chi connectivity index (χ1n) is 8.22. The van der Waals surface area contributed by atoms with Crippen molar-refractivity contribution in [3.05, 3.63) is 58.7 Å². The molecule has 4 nitrogen and oxygen atoms in total. The second-order valence-corrected chi connectivity index (χ2v) is 6.52. The van der Waals surface area contributed by atoms with Crippen LogP contribution in [0.4, 0.5) is 0 Å². The van der Waals surface area contributed by atoms with E-state index in [0.717, 1.165) is 37.4 Å². The normalized spacial score (nSPS) is 18.1. The average Bonchev–Trinajstić information content (AvgIpc) is 2.88. The fourth-order valence-electron chi connectivity index (χ4n) is 3.14. The number of rotatable bonds is 3. The number of nitrogens with zero attached hydrogens (tertiary/aromatic N) is 2. The molecule has 5 heteroatoms. The lowest BCUT2D eigenvalue weighted by Gasteiger charge is -2.25. The number of likely N-dealkylation sites (tertiary alicyclic amines) is 1. The van der Waals surface area contributed by atoms with Gasteiger partial charge in [-0.25, -0.2) is 4.98 Å². The maximum atomic E-state index is 12.8. The number of hydrogen-bond acceptors (Lipinski definition) is 3. The van der Waals surface area contributed by atoms with E-state index in [4.69, 9.17) is 16.3 Å². The Hall–Kier alpha value is -2.07. The van der Waals surface area contributed by atoms with Crippen molar-refractivity contribution in [3.63, 3.8) is 0 Å². The maximum Gasteiger partial charge on any atom is 0.255 e. The third-order valence-corrected chi connectivity index (χ3v) is 4.74. The topological polar surface area (TPSA) is 42.4 Å². The van der Waals surface area contributed by atoms with Gasteiger partial charge in [0.05, 0.1) is 12.7 Å². The monoisotopic (exact) mass is 344 g/mol. The van der Waals surface area contributed by atoms with Gasteiger partial charge in [-0.15, -0.1) is 0 Å². The van der Waals surface area contributed by atoms with E-state index in [0.29, 0.717) is 17.4 Å². The molecule has 24 heavy (non-hydrogen) atoms. The van der Waals surface area contributed by atoms with Crippen molar-refractivity contribution in [1.29, 1.82) is 0 Å². The lowest BCUT2D eigenvalue weighted by Crippen LogP contribution is -2.34. The summed E-state index contributed by atoms with van der Waals surface area (Å²) in [5.41, 5.74) is 1.85. The summed E-state index contributed by atoms with van der Waals surface area (Å²) in [4.78, 5) is 18.9. The lowest BCUT2D eigenvalue weighted by atomic mass is 9.94. The zero-order valence-electron chi connectivity index (χ0n) is 13.7. The third-order valence-electron chi connectivity index (χ3n) is 4.49. The predicted molar refractivity (Wildman–Crippen MR) is 94.7 cm³/mol. The molecule has 2 aromatic rings. The van der Waals surface area contributed by atoms with Crippen LogP contribution in [0.1, 0.15) is 41.1 Å². The van der Waals surface area contributed by atoms with Crippen molar-refractivity contribution in [1.82, 2.24) is 9.88 Å². The molecule has 1 saturated heterocycles. The van der Waals surface area contributed by atoms with Crippen LogP contribution < -0.4 is 4.74 Å². The van der Waals surface area contributed by atoms with Crippen molar-refractivity contribution in [2.24, 2.45) is 0 Å². The minimum absolute atomic E-state index is 0.0333. The van der Waals surface area contributed by atoms with Crippen molar-refractivity contribution >= 4 is 17.5 Å². The van der Waals surface area contributed by atoms with E-state index in [1.54, 1.807) is 25.4 Å². The summed E-state index contributed by atoms with van der Waals surface area (Å²) < 4.78 is 5.05. The first kappa shape index (κ1) is 16.8. The molecule has 1 fully saturated rings. The summed E-state index contributed by atoms with van der Waals surface area (Å²) >= 11 is 5.98. The lowest BCUT2D eigenvalue weighted by molar-refractivity contribution is 0.0754. The Morgan fingerprint density at radius 1 is 1.21 bits per heavy atom. The van der Waals surface area contributed by atoms with Gasteiger partial charge in [0.15, 0.2) is 0 Å². The molecule has 0 N–H and O–H groups in total. The first-order chi connectivity index (χ1) is 11.7. The van der Waals surface area contributed by atoms with E-state index < -0.39 is 0 Å². The highest BCUT2D eigenvalue weighted by Crippen LogP contribution is 2.28. The van der Waals surface area contributed by atoms with Gasteiger partial charge >= 0.3 is 0 Å². The van der Waals surface area contributed by atoms with Gasteiger partial charge in [-0.1, -0.05) is 30.2 Å². The number of aromatic nitrogens is 1. The Morgan fingerprint density at radius 2 is 2.00 bits per heavy atom. The van der Waals surface area contributed by atoms with Crippen LogP contribution in [0.2, 0.25) is 5.02 Å². The number of halogens is 1. The molecule has 1 aromatic heterocycles. The van der Waals surface area contributed by atoms with Crippen molar-refractivity contribution in [2.45, 2.75) is 25.2 Å². The molecule has 1 atom stereocenters. The van der Waals surface area contributed by atoms with E-state index in [2.05, 4.69) is 17.1 Å². The number of ether oxygens (including phenoxy) is 1. The molecular weight excluding hydrogens is 324 g/mol. The number of pyridine rings is 1. The molecular formula is C19H21ClN2O2. The highest BCUT2D eigenvalue weighted by atomic mass is 35.5. The summed E-state index contributed by atoms with van der Waals surface area (Å²) in [6.45, 7) is 1.52. The van der Waals surface area contributed by atoms with Crippen LogP contribution in [0.25, 0.3) is 0 Å². The summed E-state index contributed by atoms with van der Waals surface area (Å²) in [5, 5.41) is 0.740. The highest BCUT2D eigenvalue weighted by Gasteiger charge is 2.24. The third kappa shape index (κ3) is 3.88. The minimum Gasteiger partial charge on any atom is -0.481 e. The van der Waals surface area contributed by atoms with E-state index in [-0.39, 0.29) is 5.91 Å². The van der Waals surface area contributed by atoms with Gasteiger partial charge in [0.1, 0.15) is 0 Å². The Kier molecular flexibility index (Phi) is 5.36. The molecule has 1 aliphatic heterocycles. The molecule has 0 saturated carbocycles. The Labute approximate surface area is 147 Å². The van der Waals surface area contributed by atoms with Crippen molar-refractivity contribution in [3.8, 4) is 5.88 Å². The van der Waals surface area contributed by atoms with Gasteiger partial charge in [0.2, 0.25) is 5.88 Å². The Balaban J connectivity index is 1.76. The Bertz CT molecular complexity index is 686. The molecule has 0 bridgehead atoms. The van der Waals surface area contributed by atoms with Gasteiger partial charge in [0.25, 0.3) is 5.91 Å². The molecule has 1 aromatic carbocycles. The molecule has 3 rings (SSSR count). The van der Waals surface area contributed by atoms with Crippen LogP contribution in [0.3, 0.4) is 0 Å². The molecule has 1 aliphatic rings. The molecule has 0 aliphatic carbocycles. The van der Waals surface area contributed by atoms with Crippen LogP contribution in [0.15, 0.2) is 42.6 Å². The van der Waals surface area contributed by atoms with E-state index in [9.17, 15) is 4.79 Å². The second kappa shape index (κ2) is 7.67. The van der Waals surface area contributed by atoms with E-state index in [1.165, 1.54) is 5.56 Å². The van der Waals surface area contributed by atoms with Crippen LogP contribution in [-0.4, -0.2) is 36.0 Å². The quantitative estimate of drug-likeness (QED) is 0.839. The summed E-state index contributed by atoms with van der Waals surface area (Å²) in [6.07, 6.45) is 4.83. The highest BCUT2D eigenvalue weighted by molar-refractivity contribution is 6.30. The van der Waals surface area contributed by atoms with Gasteiger partial charge in [-0.3, -0.25) is 4.79 Å².